The predicted octanol–water partition coefficient (Wildman–Crippen LogP) is 1.97. The minimum absolute atomic E-state index is 0.601. The SMILES string of the molecule is O=c1[nH]c2ccc(CCCN3CCN(c4ccccc4)CC3)cc2[nH]c1=O. The fourth-order valence-electron chi connectivity index (χ4n) is 3.69. The summed E-state index contributed by atoms with van der Waals surface area (Å²) in [4.78, 5) is 33.1. The van der Waals surface area contributed by atoms with Crippen molar-refractivity contribution in [3.63, 3.8) is 0 Å². The molecule has 0 saturated carbocycles. The van der Waals surface area contributed by atoms with Crippen LogP contribution in [-0.2, 0) is 6.42 Å². The summed E-state index contributed by atoms with van der Waals surface area (Å²) in [5.41, 5.74) is 2.63. The van der Waals surface area contributed by atoms with E-state index in [-0.39, 0.29) is 0 Å². The van der Waals surface area contributed by atoms with Crippen LogP contribution in [0.15, 0.2) is 58.1 Å². The van der Waals surface area contributed by atoms with Crippen molar-refractivity contribution in [3.05, 3.63) is 74.8 Å². The lowest BCUT2D eigenvalue weighted by Gasteiger charge is -2.36. The summed E-state index contributed by atoms with van der Waals surface area (Å²) in [6.07, 6.45) is 2.03. The maximum atomic E-state index is 11.5. The number of rotatable bonds is 5. The van der Waals surface area contributed by atoms with Crippen LogP contribution in [0.2, 0.25) is 0 Å². The van der Waals surface area contributed by atoms with Gasteiger partial charge < -0.3 is 14.9 Å². The molecule has 0 unspecified atom stereocenters. The van der Waals surface area contributed by atoms with Crippen molar-refractivity contribution in [1.82, 2.24) is 14.9 Å². The standard InChI is InChI=1S/C21H24N4O2/c26-20-21(27)23-19-15-16(8-9-18(19)22-20)5-4-10-24-11-13-25(14-12-24)17-6-2-1-3-7-17/h1-3,6-9,15H,4-5,10-14H2,(H,22,26)(H,23,27). The first kappa shape index (κ1) is 17.5. The molecular weight excluding hydrogens is 340 g/mol. The molecule has 0 aliphatic carbocycles. The lowest BCUT2D eigenvalue weighted by molar-refractivity contribution is 0.255. The molecule has 1 aliphatic heterocycles. The van der Waals surface area contributed by atoms with Crippen LogP contribution in [0.3, 0.4) is 0 Å². The van der Waals surface area contributed by atoms with Gasteiger partial charge in [-0.15, -0.1) is 0 Å². The second-order valence-corrected chi connectivity index (χ2v) is 7.06. The highest BCUT2D eigenvalue weighted by atomic mass is 16.2. The first-order valence-corrected chi connectivity index (χ1v) is 9.47. The molecule has 2 N–H and O–H groups in total. The van der Waals surface area contributed by atoms with Crippen molar-refractivity contribution < 1.29 is 0 Å². The normalized spacial score (nSPS) is 15.3. The van der Waals surface area contributed by atoms with Gasteiger partial charge in [-0.25, -0.2) is 0 Å². The van der Waals surface area contributed by atoms with E-state index in [2.05, 4.69) is 50.1 Å². The van der Waals surface area contributed by atoms with E-state index in [0.29, 0.717) is 11.0 Å². The van der Waals surface area contributed by atoms with Crippen LogP contribution < -0.4 is 16.0 Å². The molecular formula is C21H24N4O2. The average Bonchev–Trinajstić information content (AvgIpc) is 2.70. The Kier molecular flexibility index (Phi) is 5.07. The molecule has 2 aromatic carbocycles. The molecule has 1 fully saturated rings. The molecule has 1 aliphatic rings. The molecule has 0 spiro atoms. The maximum absolute atomic E-state index is 11.5. The third-order valence-electron chi connectivity index (χ3n) is 5.22. The Hall–Kier alpha value is -2.86. The number of piperazine rings is 1. The van der Waals surface area contributed by atoms with Gasteiger partial charge in [0.05, 0.1) is 11.0 Å². The number of nitrogens with zero attached hydrogens (tertiary/aromatic N) is 2. The largest absolute Gasteiger partial charge is 0.369 e. The van der Waals surface area contributed by atoms with Crippen LogP contribution >= 0.6 is 0 Å². The van der Waals surface area contributed by atoms with Crippen molar-refractivity contribution in [1.29, 1.82) is 0 Å². The van der Waals surface area contributed by atoms with Gasteiger partial charge in [-0.2, -0.15) is 0 Å². The van der Waals surface area contributed by atoms with Gasteiger partial charge >= 0.3 is 11.1 Å². The van der Waals surface area contributed by atoms with Crippen molar-refractivity contribution in [2.75, 3.05) is 37.6 Å². The van der Waals surface area contributed by atoms with Crippen LogP contribution in [0.4, 0.5) is 5.69 Å². The second kappa shape index (κ2) is 7.80. The van der Waals surface area contributed by atoms with E-state index in [1.807, 2.05) is 18.2 Å². The number of aromatic nitrogens is 2. The molecule has 0 bridgehead atoms. The van der Waals surface area contributed by atoms with Crippen LogP contribution in [0.5, 0.6) is 0 Å². The van der Waals surface area contributed by atoms with Gasteiger partial charge in [0.2, 0.25) is 0 Å². The highest BCUT2D eigenvalue weighted by molar-refractivity contribution is 5.74. The predicted molar refractivity (Wildman–Crippen MR) is 109 cm³/mol. The summed E-state index contributed by atoms with van der Waals surface area (Å²) in [6.45, 7) is 5.37. The van der Waals surface area contributed by atoms with Crippen molar-refractivity contribution in [2.45, 2.75) is 12.8 Å². The Bertz CT molecular complexity index is 1020. The topological polar surface area (TPSA) is 72.2 Å². The molecule has 27 heavy (non-hydrogen) atoms. The fourth-order valence-corrected chi connectivity index (χ4v) is 3.69. The average molecular weight is 364 g/mol. The van der Waals surface area contributed by atoms with Gasteiger partial charge in [-0.05, 0) is 49.2 Å². The Labute approximate surface area is 157 Å². The number of hydrogen-bond acceptors (Lipinski definition) is 4. The van der Waals surface area contributed by atoms with Crippen LogP contribution in [0, 0.1) is 0 Å². The minimum atomic E-state index is -0.607. The van der Waals surface area contributed by atoms with Crippen LogP contribution in [0.25, 0.3) is 11.0 Å². The first-order valence-electron chi connectivity index (χ1n) is 9.47. The molecule has 0 amide bonds. The zero-order valence-electron chi connectivity index (χ0n) is 15.3. The van der Waals surface area contributed by atoms with Crippen molar-refractivity contribution >= 4 is 16.7 Å². The summed E-state index contributed by atoms with van der Waals surface area (Å²) in [7, 11) is 0. The van der Waals surface area contributed by atoms with E-state index in [4.69, 9.17) is 0 Å². The van der Waals surface area contributed by atoms with E-state index >= 15 is 0 Å². The molecule has 0 atom stereocenters. The number of H-pyrrole nitrogens is 2. The molecule has 4 rings (SSSR count). The number of hydrogen-bond donors (Lipinski definition) is 2. The number of anilines is 1. The number of nitrogens with one attached hydrogen (secondary N) is 2. The van der Waals surface area contributed by atoms with Gasteiger partial charge in [0.15, 0.2) is 0 Å². The van der Waals surface area contributed by atoms with Crippen LogP contribution in [-0.4, -0.2) is 47.6 Å². The number of benzene rings is 2. The highest BCUT2D eigenvalue weighted by Crippen LogP contribution is 2.16. The fraction of sp³-hybridized carbons (Fsp3) is 0.333. The van der Waals surface area contributed by atoms with Gasteiger partial charge in [0, 0.05) is 31.9 Å². The molecule has 6 heteroatoms. The van der Waals surface area contributed by atoms with E-state index < -0.39 is 11.1 Å². The second-order valence-electron chi connectivity index (χ2n) is 7.06. The Morgan fingerprint density at radius 2 is 1.52 bits per heavy atom. The summed E-state index contributed by atoms with van der Waals surface area (Å²) in [5.74, 6) is 0. The zero-order chi connectivity index (χ0) is 18.6. The number of para-hydroxylation sites is 1. The lowest BCUT2D eigenvalue weighted by atomic mass is 10.1. The van der Waals surface area contributed by atoms with Gasteiger partial charge in [-0.1, -0.05) is 24.3 Å². The van der Waals surface area contributed by atoms with Crippen molar-refractivity contribution in [2.24, 2.45) is 0 Å². The van der Waals surface area contributed by atoms with E-state index in [1.54, 1.807) is 0 Å². The summed E-state index contributed by atoms with van der Waals surface area (Å²) >= 11 is 0. The quantitative estimate of drug-likeness (QED) is 0.679. The molecule has 0 radical (unpaired) electrons. The molecule has 6 nitrogen and oxygen atoms in total. The monoisotopic (exact) mass is 364 g/mol. The minimum Gasteiger partial charge on any atom is -0.369 e. The summed E-state index contributed by atoms with van der Waals surface area (Å²) in [6, 6.07) is 16.4. The van der Waals surface area contributed by atoms with E-state index in [0.717, 1.165) is 45.6 Å². The van der Waals surface area contributed by atoms with Crippen LogP contribution in [0.1, 0.15) is 12.0 Å². The zero-order valence-corrected chi connectivity index (χ0v) is 15.3. The smallest absolute Gasteiger partial charge is 0.314 e. The molecule has 1 saturated heterocycles. The van der Waals surface area contributed by atoms with Gasteiger partial charge in [0.25, 0.3) is 0 Å². The highest BCUT2D eigenvalue weighted by Gasteiger charge is 2.16. The Morgan fingerprint density at radius 1 is 0.815 bits per heavy atom. The van der Waals surface area contributed by atoms with Gasteiger partial charge in [0.1, 0.15) is 0 Å². The van der Waals surface area contributed by atoms with E-state index in [9.17, 15) is 9.59 Å². The van der Waals surface area contributed by atoms with E-state index in [1.165, 1.54) is 11.3 Å². The Morgan fingerprint density at radius 3 is 2.26 bits per heavy atom. The first-order chi connectivity index (χ1) is 13.2. The summed E-state index contributed by atoms with van der Waals surface area (Å²) in [5, 5.41) is 0. The third kappa shape index (κ3) is 4.11. The van der Waals surface area contributed by atoms with Gasteiger partial charge in [-0.3, -0.25) is 14.5 Å². The summed E-state index contributed by atoms with van der Waals surface area (Å²) < 4.78 is 0. The Balaban J connectivity index is 1.29. The number of fused-ring (bicyclic) bond motifs is 1. The lowest BCUT2D eigenvalue weighted by Crippen LogP contribution is -2.46. The molecule has 140 valence electrons. The number of aryl methyl sites for hydroxylation is 1. The molecule has 2 heterocycles. The van der Waals surface area contributed by atoms with Crippen molar-refractivity contribution in [3.8, 4) is 0 Å². The number of aromatic amines is 2. The maximum Gasteiger partial charge on any atom is 0.314 e. The molecule has 3 aromatic rings. The molecule has 1 aromatic heterocycles. The third-order valence-corrected chi connectivity index (χ3v) is 5.22.